The summed E-state index contributed by atoms with van der Waals surface area (Å²) in [4.78, 5) is 0. The summed E-state index contributed by atoms with van der Waals surface area (Å²) in [5, 5.41) is 14.0. The molecule has 0 heterocycles. The molecule has 1 rings (SSSR count). The van der Waals surface area contributed by atoms with Gasteiger partial charge in [0.25, 0.3) is 0 Å². The van der Waals surface area contributed by atoms with Crippen molar-refractivity contribution < 1.29 is 5.11 Å². The molecule has 1 aromatic carbocycles. The predicted octanol–water partition coefficient (Wildman–Crippen LogP) is 3.34. The molecule has 0 spiro atoms. The maximum atomic E-state index is 10.7. The maximum absolute atomic E-state index is 10.7. The van der Waals surface area contributed by atoms with Crippen LogP contribution in [0.15, 0.2) is 6.07 Å². The van der Waals surface area contributed by atoms with Gasteiger partial charge in [-0.05, 0) is 68.5 Å². The Morgan fingerprint density at radius 2 is 1.56 bits per heavy atom. The fraction of sp³-hybridized carbons (Fsp3) is 0.625. The Morgan fingerprint density at radius 3 is 1.94 bits per heavy atom. The molecule has 102 valence electrons. The molecule has 0 bridgehead atoms. The van der Waals surface area contributed by atoms with E-state index in [0.717, 1.165) is 18.5 Å². The van der Waals surface area contributed by atoms with E-state index in [2.05, 4.69) is 52.9 Å². The van der Waals surface area contributed by atoms with Gasteiger partial charge >= 0.3 is 0 Å². The number of hydrogen-bond donors (Lipinski definition) is 2. The van der Waals surface area contributed by atoms with Gasteiger partial charge in [-0.1, -0.05) is 19.9 Å². The van der Waals surface area contributed by atoms with E-state index in [4.69, 9.17) is 0 Å². The fourth-order valence-electron chi connectivity index (χ4n) is 2.63. The van der Waals surface area contributed by atoms with Crippen molar-refractivity contribution in [3.8, 4) is 0 Å². The molecule has 0 saturated heterocycles. The van der Waals surface area contributed by atoms with Crippen molar-refractivity contribution in [1.82, 2.24) is 5.32 Å². The lowest BCUT2D eigenvalue weighted by Crippen LogP contribution is -2.35. The highest BCUT2D eigenvalue weighted by atomic mass is 16.3. The molecule has 0 aliphatic heterocycles. The van der Waals surface area contributed by atoms with Gasteiger partial charge in [0.2, 0.25) is 0 Å². The summed E-state index contributed by atoms with van der Waals surface area (Å²) in [5.41, 5.74) is 6.08. The predicted molar refractivity (Wildman–Crippen MR) is 78.1 cm³/mol. The van der Waals surface area contributed by atoms with Crippen molar-refractivity contribution in [2.75, 3.05) is 6.54 Å². The number of aryl methyl sites for hydroxylation is 2. The minimum absolute atomic E-state index is 0.133. The Labute approximate surface area is 111 Å². The van der Waals surface area contributed by atoms with Crippen molar-refractivity contribution in [1.29, 1.82) is 0 Å². The largest absolute Gasteiger partial charge is 0.387 e. The zero-order chi connectivity index (χ0) is 13.9. The van der Waals surface area contributed by atoms with E-state index in [9.17, 15) is 5.11 Å². The van der Waals surface area contributed by atoms with Gasteiger partial charge in [-0.15, -0.1) is 0 Å². The zero-order valence-electron chi connectivity index (χ0n) is 12.6. The molecule has 0 fully saturated rings. The third-order valence-corrected chi connectivity index (χ3v) is 4.01. The molecule has 0 amide bonds. The van der Waals surface area contributed by atoms with E-state index in [1.807, 2.05) is 0 Å². The number of benzene rings is 1. The quantitative estimate of drug-likeness (QED) is 0.839. The van der Waals surface area contributed by atoms with Crippen molar-refractivity contribution >= 4 is 0 Å². The zero-order valence-corrected chi connectivity index (χ0v) is 12.6. The van der Waals surface area contributed by atoms with Crippen LogP contribution in [0.25, 0.3) is 0 Å². The van der Waals surface area contributed by atoms with Crippen LogP contribution in [-0.2, 0) is 0 Å². The molecule has 2 N–H and O–H groups in total. The van der Waals surface area contributed by atoms with Gasteiger partial charge in [0.05, 0.1) is 6.10 Å². The highest BCUT2D eigenvalue weighted by molar-refractivity contribution is 5.45. The Kier molecular flexibility index (Phi) is 5.36. The van der Waals surface area contributed by atoms with E-state index in [-0.39, 0.29) is 6.04 Å². The van der Waals surface area contributed by atoms with Crippen molar-refractivity contribution in [2.45, 2.75) is 60.1 Å². The SMILES string of the molecule is CCNC(CC)C(O)c1c(C)c(C)cc(C)c1C. The summed E-state index contributed by atoms with van der Waals surface area (Å²) in [7, 11) is 0. The van der Waals surface area contributed by atoms with Gasteiger partial charge < -0.3 is 10.4 Å². The topological polar surface area (TPSA) is 32.3 Å². The standard InChI is InChI=1S/C16H27NO/c1-7-14(17-8-2)16(18)15-12(5)10(3)9-11(4)13(15)6/h9,14,16-18H,7-8H2,1-6H3. The number of aliphatic hydroxyl groups excluding tert-OH is 1. The average Bonchev–Trinajstić information content (AvgIpc) is 2.33. The fourth-order valence-corrected chi connectivity index (χ4v) is 2.63. The summed E-state index contributed by atoms with van der Waals surface area (Å²) in [6.07, 6.45) is 0.509. The second-order valence-corrected chi connectivity index (χ2v) is 5.19. The van der Waals surface area contributed by atoms with Crippen LogP contribution in [0.4, 0.5) is 0 Å². The lowest BCUT2D eigenvalue weighted by atomic mass is 9.87. The van der Waals surface area contributed by atoms with Gasteiger partial charge in [0.1, 0.15) is 0 Å². The van der Waals surface area contributed by atoms with Crippen LogP contribution in [0.3, 0.4) is 0 Å². The lowest BCUT2D eigenvalue weighted by Gasteiger charge is -2.27. The molecule has 0 saturated carbocycles. The summed E-state index contributed by atoms with van der Waals surface area (Å²) >= 11 is 0. The van der Waals surface area contributed by atoms with E-state index >= 15 is 0 Å². The van der Waals surface area contributed by atoms with Gasteiger partial charge in [0, 0.05) is 6.04 Å². The molecule has 1 aromatic rings. The monoisotopic (exact) mass is 249 g/mol. The van der Waals surface area contributed by atoms with Gasteiger partial charge in [-0.3, -0.25) is 0 Å². The van der Waals surface area contributed by atoms with Crippen molar-refractivity contribution in [2.24, 2.45) is 0 Å². The summed E-state index contributed by atoms with van der Waals surface area (Å²) in [5.74, 6) is 0. The van der Waals surface area contributed by atoms with Crippen LogP contribution in [0.2, 0.25) is 0 Å². The first-order valence-electron chi connectivity index (χ1n) is 6.92. The molecule has 18 heavy (non-hydrogen) atoms. The Hall–Kier alpha value is -0.860. The molecule has 0 aliphatic carbocycles. The number of likely N-dealkylation sites (N-methyl/N-ethyl adjacent to an activating group) is 1. The van der Waals surface area contributed by atoms with Crippen LogP contribution in [-0.4, -0.2) is 17.7 Å². The molecular formula is C16H27NO. The third kappa shape index (κ3) is 2.93. The number of hydrogen-bond acceptors (Lipinski definition) is 2. The van der Waals surface area contributed by atoms with Crippen LogP contribution in [0.1, 0.15) is 54.2 Å². The smallest absolute Gasteiger partial charge is 0.0948 e. The average molecular weight is 249 g/mol. The van der Waals surface area contributed by atoms with Crippen LogP contribution in [0, 0.1) is 27.7 Å². The number of aliphatic hydroxyl groups is 1. The van der Waals surface area contributed by atoms with Crippen molar-refractivity contribution in [3.63, 3.8) is 0 Å². The molecular weight excluding hydrogens is 222 g/mol. The van der Waals surface area contributed by atoms with Gasteiger partial charge in [-0.25, -0.2) is 0 Å². The Bertz CT molecular complexity index is 386. The minimum Gasteiger partial charge on any atom is -0.387 e. The highest BCUT2D eigenvalue weighted by Gasteiger charge is 2.23. The molecule has 0 radical (unpaired) electrons. The van der Waals surface area contributed by atoms with Crippen LogP contribution < -0.4 is 5.32 Å². The molecule has 2 nitrogen and oxygen atoms in total. The molecule has 0 aliphatic rings. The van der Waals surface area contributed by atoms with E-state index in [1.54, 1.807) is 0 Å². The molecule has 2 heteroatoms. The molecule has 2 atom stereocenters. The van der Waals surface area contributed by atoms with E-state index in [0.29, 0.717) is 0 Å². The molecule has 0 aromatic heterocycles. The summed E-state index contributed by atoms with van der Waals surface area (Å²) in [6.45, 7) is 13.5. The second kappa shape index (κ2) is 6.35. The third-order valence-electron chi connectivity index (χ3n) is 4.01. The molecule has 2 unspecified atom stereocenters. The van der Waals surface area contributed by atoms with Gasteiger partial charge in [0.15, 0.2) is 0 Å². The van der Waals surface area contributed by atoms with Gasteiger partial charge in [-0.2, -0.15) is 0 Å². The van der Waals surface area contributed by atoms with Crippen molar-refractivity contribution in [3.05, 3.63) is 33.9 Å². The first-order valence-corrected chi connectivity index (χ1v) is 6.92. The van der Waals surface area contributed by atoms with E-state index < -0.39 is 6.10 Å². The first-order chi connectivity index (χ1) is 8.43. The number of rotatable bonds is 5. The highest BCUT2D eigenvalue weighted by Crippen LogP contribution is 2.30. The van der Waals surface area contributed by atoms with Crippen LogP contribution in [0.5, 0.6) is 0 Å². The summed E-state index contributed by atoms with van der Waals surface area (Å²) < 4.78 is 0. The Morgan fingerprint density at radius 1 is 1.06 bits per heavy atom. The first kappa shape index (κ1) is 15.2. The van der Waals surface area contributed by atoms with Crippen LogP contribution >= 0.6 is 0 Å². The normalized spacial score (nSPS) is 14.6. The summed E-state index contributed by atoms with van der Waals surface area (Å²) in [6, 6.07) is 2.34. The minimum atomic E-state index is -0.423. The number of nitrogens with one attached hydrogen (secondary N) is 1. The lowest BCUT2D eigenvalue weighted by molar-refractivity contribution is 0.125. The second-order valence-electron chi connectivity index (χ2n) is 5.19. The van der Waals surface area contributed by atoms with E-state index in [1.165, 1.54) is 22.3 Å². The Balaban J connectivity index is 3.22. The maximum Gasteiger partial charge on any atom is 0.0948 e.